The summed E-state index contributed by atoms with van der Waals surface area (Å²) in [7, 11) is 0. The number of ether oxygens (including phenoxy) is 1. The summed E-state index contributed by atoms with van der Waals surface area (Å²) in [6, 6.07) is 9.00. The summed E-state index contributed by atoms with van der Waals surface area (Å²) in [5.74, 6) is -0.330. The number of nitrogens with zero attached hydrogens (tertiary/aromatic N) is 1. The van der Waals surface area contributed by atoms with Crippen LogP contribution in [0.4, 0.5) is 4.79 Å². The van der Waals surface area contributed by atoms with Crippen LogP contribution in [0.1, 0.15) is 44.6 Å². The number of hydrogen-bond acceptors (Lipinski definition) is 4. The maximum Gasteiger partial charge on any atom is 0.407 e. The quantitative estimate of drug-likeness (QED) is 0.516. The molecule has 0 saturated heterocycles. The van der Waals surface area contributed by atoms with E-state index >= 15 is 0 Å². The van der Waals surface area contributed by atoms with Gasteiger partial charge in [-0.1, -0.05) is 44.4 Å². The van der Waals surface area contributed by atoms with Gasteiger partial charge in [0.1, 0.15) is 6.04 Å². The van der Waals surface area contributed by atoms with E-state index in [2.05, 4.69) is 22.5 Å². The van der Waals surface area contributed by atoms with Gasteiger partial charge in [0.15, 0.2) is 0 Å². The standard InChI is InChI=1S/C21H28N4O3/c1-2-3-4-7-13-28-21(27)25-19(20(26)23-12-8-11-22)14-16-15-24-18-10-6-5-9-17(16)18/h5-6,9-10,15,19,24H,2-4,7-8,12-14H2,1H3,(H,23,26)(H,25,27). The van der Waals surface area contributed by atoms with Crippen LogP contribution in [-0.4, -0.2) is 36.2 Å². The Morgan fingerprint density at radius 1 is 1.25 bits per heavy atom. The van der Waals surface area contributed by atoms with Gasteiger partial charge < -0.3 is 20.4 Å². The number of aromatic nitrogens is 1. The van der Waals surface area contributed by atoms with E-state index < -0.39 is 12.1 Å². The predicted octanol–water partition coefficient (Wildman–Crippen LogP) is 3.42. The molecule has 28 heavy (non-hydrogen) atoms. The maximum atomic E-state index is 12.5. The molecular weight excluding hydrogens is 356 g/mol. The Morgan fingerprint density at radius 2 is 2.07 bits per heavy atom. The van der Waals surface area contributed by atoms with Crippen LogP contribution in [0.25, 0.3) is 10.9 Å². The summed E-state index contributed by atoms with van der Waals surface area (Å²) < 4.78 is 5.21. The molecule has 7 heteroatoms. The molecule has 2 aromatic rings. The zero-order valence-electron chi connectivity index (χ0n) is 16.3. The third-order valence-electron chi connectivity index (χ3n) is 4.47. The lowest BCUT2D eigenvalue weighted by molar-refractivity contribution is -0.123. The first-order valence-corrected chi connectivity index (χ1v) is 9.78. The highest BCUT2D eigenvalue weighted by Crippen LogP contribution is 2.19. The van der Waals surface area contributed by atoms with E-state index in [0.29, 0.717) is 13.0 Å². The molecule has 0 aliphatic heterocycles. The average molecular weight is 384 g/mol. The minimum absolute atomic E-state index is 0.216. The second kappa shape index (κ2) is 11.7. The van der Waals surface area contributed by atoms with E-state index in [1.165, 1.54) is 0 Å². The van der Waals surface area contributed by atoms with Gasteiger partial charge in [-0.05, 0) is 18.1 Å². The number of amides is 2. The lowest BCUT2D eigenvalue weighted by Crippen LogP contribution is -2.48. The molecule has 2 rings (SSSR count). The monoisotopic (exact) mass is 384 g/mol. The Balaban J connectivity index is 1.99. The van der Waals surface area contributed by atoms with Gasteiger partial charge in [0.2, 0.25) is 5.91 Å². The van der Waals surface area contributed by atoms with Crippen LogP contribution in [0.15, 0.2) is 30.5 Å². The topological polar surface area (TPSA) is 107 Å². The largest absolute Gasteiger partial charge is 0.450 e. The highest BCUT2D eigenvalue weighted by atomic mass is 16.5. The molecule has 1 heterocycles. The molecule has 150 valence electrons. The van der Waals surface area contributed by atoms with Gasteiger partial charge in [-0.15, -0.1) is 0 Å². The molecule has 0 radical (unpaired) electrons. The van der Waals surface area contributed by atoms with Gasteiger partial charge in [0, 0.05) is 30.1 Å². The molecule has 0 aliphatic rings. The normalized spacial score (nSPS) is 11.6. The van der Waals surface area contributed by atoms with E-state index in [1.807, 2.05) is 36.5 Å². The molecule has 1 aromatic carbocycles. The van der Waals surface area contributed by atoms with Crippen LogP contribution < -0.4 is 10.6 Å². The summed E-state index contributed by atoms with van der Waals surface area (Å²) in [5, 5.41) is 15.0. The molecule has 0 bridgehead atoms. The second-order valence-electron chi connectivity index (χ2n) is 6.66. The van der Waals surface area contributed by atoms with E-state index in [0.717, 1.165) is 42.1 Å². The van der Waals surface area contributed by atoms with E-state index in [4.69, 9.17) is 10.00 Å². The summed E-state index contributed by atoms with van der Waals surface area (Å²) in [4.78, 5) is 27.8. The van der Waals surface area contributed by atoms with E-state index in [1.54, 1.807) is 0 Å². The molecule has 1 aromatic heterocycles. The number of nitrogens with one attached hydrogen (secondary N) is 3. The minimum atomic E-state index is -0.777. The first-order chi connectivity index (χ1) is 13.7. The van der Waals surface area contributed by atoms with Crippen LogP contribution in [0.2, 0.25) is 0 Å². The van der Waals surface area contributed by atoms with Crippen molar-refractivity contribution in [2.24, 2.45) is 0 Å². The lowest BCUT2D eigenvalue weighted by atomic mass is 10.0. The molecule has 1 unspecified atom stereocenters. The summed E-state index contributed by atoms with van der Waals surface area (Å²) in [6.07, 6.45) is 5.83. The van der Waals surface area contributed by atoms with Gasteiger partial charge in [0.25, 0.3) is 0 Å². The number of H-pyrrole nitrogens is 1. The highest BCUT2D eigenvalue weighted by molar-refractivity contribution is 5.88. The van der Waals surface area contributed by atoms with E-state index in [-0.39, 0.29) is 18.9 Å². The first-order valence-electron chi connectivity index (χ1n) is 9.78. The number of carbonyl (C=O) groups is 2. The number of carbonyl (C=O) groups excluding carboxylic acids is 2. The molecule has 0 saturated carbocycles. The zero-order valence-corrected chi connectivity index (χ0v) is 16.3. The lowest BCUT2D eigenvalue weighted by Gasteiger charge is -2.18. The first kappa shape index (κ1) is 21.3. The van der Waals surface area contributed by atoms with Crippen molar-refractivity contribution in [3.05, 3.63) is 36.0 Å². The third-order valence-corrected chi connectivity index (χ3v) is 4.47. The predicted molar refractivity (Wildman–Crippen MR) is 108 cm³/mol. The summed E-state index contributed by atoms with van der Waals surface area (Å²) in [5.41, 5.74) is 1.90. The number of benzene rings is 1. The van der Waals surface area contributed by atoms with Gasteiger partial charge in [-0.2, -0.15) is 5.26 Å². The number of aromatic amines is 1. The van der Waals surface area contributed by atoms with Crippen LogP contribution in [0.3, 0.4) is 0 Å². The molecule has 3 N–H and O–H groups in total. The van der Waals surface area contributed by atoms with Crippen molar-refractivity contribution in [2.75, 3.05) is 13.2 Å². The number of hydrogen-bond donors (Lipinski definition) is 3. The molecule has 0 aliphatic carbocycles. The fourth-order valence-corrected chi connectivity index (χ4v) is 2.97. The van der Waals surface area contributed by atoms with Gasteiger partial charge >= 0.3 is 6.09 Å². The van der Waals surface area contributed by atoms with Crippen molar-refractivity contribution in [3.8, 4) is 6.07 Å². The second-order valence-corrected chi connectivity index (χ2v) is 6.66. The fourth-order valence-electron chi connectivity index (χ4n) is 2.97. The van der Waals surface area contributed by atoms with Gasteiger partial charge in [-0.25, -0.2) is 4.79 Å². The smallest absolute Gasteiger partial charge is 0.407 e. The third kappa shape index (κ3) is 6.62. The minimum Gasteiger partial charge on any atom is -0.450 e. The molecule has 0 fully saturated rings. The molecule has 2 amide bonds. The highest BCUT2D eigenvalue weighted by Gasteiger charge is 2.23. The van der Waals surface area contributed by atoms with Crippen molar-refractivity contribution in [1.82, 2.24) is 15.6 Å². The summed E-state index contributed by atoms with van der Waals surface area (Å²) in [6.45, 7) is 2.70. The average Bonchev–Trinajstić information content (AvgIpc) is 3.10. The Morgan fingerprint density at radius 3 is 2.86 bits per heavy atom. The summed E-state index contributed by atoms with van der Waals surface area (Å²) >= 11 is 0. The Kier molecular flexibility index (Phi) is 8.86. The van der Waals surface area contributed by atoms with Gasteiger partial charge in [-0.3, -0.25) is 4.79 Å². The van der Waals surface area contributed by atoms with Crippen LogP contribution in [0.5, 0.6) is 0 Å². The Hall–Kier alpha value is -3.01. The van der Waals surface area contributed by atoms with Crippen molar-refractivity contribution in [3.63, 3.8) is 0 Å². The molecular formula is C21H28N4O3. The van der Waals surface area contributed by atoms with Crippen LogP contribution in [-0.2, 0) is 16.0 Å². The van der Waals surface area contributed by atoms with Crippen molar-refractivity contribution in [1.29, 1.82) is 5.26 Å². The molecule has 1 atom stereocenters. The SMILES string of the molecule is CCCCCCOC(=O)NC(Cc1c[nH]c2ccccc12)C(=O)NCCC#N. The number of alkyl carbamates (subject to hydrolysis) is 1. The number of nitriles is 1. The zero-order chi connectivity index (χ0) is 20.2. The van der Waals surface area contributed by atoms with E-state index in [9.17, 15) is 9.59 Å². The van der Waals surface area contributed by atoms with Crippen molar-refractivity contribution in [2.45, 2.75) is 51.5 Å². The van der Waals surface area contributed by atoms with Crippen molar-refractivity contribution >= 4 is 22.9 Å². The van der Waals surface area contributed by atoms with Crippen molar-refractivity contribution < 1.29 is 14.3 Å². The Bertz CT molecular complexity index is 809. The fraction of sp³-hybridized carbons (Fsp3) is 0.476. The number of para-hydroxylation sites is 1. The van der Waals surface area contributed by atoms with Gasteiger partial charge in [0.05, 0.1) is 19.1 Å². The number of fused-ring (bicyclic) bond motifs is 1. The number of unbranched alkanes of at least 4 members (excludes halogenated alkanes) is 3. The Labute approximate surface area is 165 Å². The molecule has 7 nitrogen and oxygen atoms in total. The molecule has 0 spiro atoms. The van der Waals surface area contributed by atoms with Crippen LogP contribution >= 0.6 is 0 Å². The maximum absolute atomic E-state index is 12.5. The van der Waals surface area contributed by atoms with Crippen LogP contribution in [0, 0.1) is 11.3 Å². The number of rotatable bonds is 11.